The Kier molecular flexibility index (Phi) is 4.85. The van der Waals surface area contributed by atoms with Crippen LogP contribution in [-0.2, 0) is 9.53 Å². The second-order valence-corrected chi connectivity index (χ2v) is 6.80. The van der Waals surface area contributed by atoms with Gasteiger partial charge in [0.1, 0.15) is 11.4 Å². The first-order valence-corrected chi connectivity index (χ1v) is 8.49. The third kappa shape index (κ3) is 3.75. The van der Waals surface area contributed by atoms with Gasteiger partial charge in [0.25, 0.3) is 5.91 Å². The number of benzene rings is 1. The van der Waals surface area contributed by atoms with Gasteiger partial charge in [-0.25, -0.2) is 4.79 Å². The minimum atomic E-state index is -0.459. The van der Waals surface area contributed by atoms with E-state index in [1.807, 2.05) is 6.92 Å². The summed E-state index contributed by atoms with van der Waals surface area (Å²) in [5.74, 6) is 0.603. The predicted molar refractivity (Wildman–Crippen MR) is 89.3 cm³/mol. The fourth-order valence-corrected chi connectivity index (χ4v) is 3.43. The highest BCUT2D eigenvalue weighted by molar-refractivity contribution is 6.30. The standard InChI is InChI=1S/C17H21ClN2O4/c1-12-9-13(18)3-4-14(12)23-10-15(21)20-7-2-5-17(6-8-20)11-19-16(22)24-17/h3-4,9H,2,5-8,10-11H2,1H3,(H,19,22). The molecule has 2 fully saturated rings. The van der Waals surface area contributed by atoms with E-state index in [-0.39, 0.29) is 18.6 Å². The van der Waals surface area contributed by atoms with Crippen LogP contribution in [0.4, 0.5) is 4.79 Å². The molecule has 2 saturated heterocycles. The summed E-state index contributed by atoms with van der Waals surface area (Å²) in [6, 6.07) is 5.32. The molecular formula is C17H21ClN2O4. The topological polar surface area (TPSA) is 67.9 Å². The molecule has 0 saturated carbocycles. The number of alkyl carbamates (subject to hydrolysis) is 1. The summed E-state index contributed by atoms with van der Waals surface area (Å²) in [5.41, 5.74) is 0.439. The van der Waals surface area contributed by atoms with Crippen molar-refractivity contribution in [2.24, 2.45) is 0 Å². The summed E-state index contributed by atoms with van der Waals surface area (Å²) < 4.78 is 11.1. The van der Waals surface area contributed by atoms with Gasteiger partial charge in [-0.05, 0) is 43.5 Å². The van der Waals surface area contributed by atoms with Crippen LogP contribution in [0.3, 0.4) is 0 Å². The molecule has 2 aliphatic heterocycles. The highest BCUT2D eigenvalue weighted by atomic mass is 35.5. The van der Waals surface area contributed by atoms with Crippen molar-refractivity contribution in [1.82, 2.24) is 10.2 Å². The fraction of sp³-hybridized carbons (Fsp3) is 0.529. The van der Waals surface area contributed by atoms with Crippen LogP contribution < -0.4 is 10.1 Å². The van der Waals surface area contributed by atoms with Crippen molar-refractivity contribution in [3.8, 4) is 5.75 Å². The first-order chi connectivity index (χ1) is 11.5. The second-order valence-electron chi connectivity index (χ2n) is 6.36. The first kappa shape index (κ1) is 16.9. The van der Waals surface area contributed by atoms with Crippen molar-refractivity contribution < 1.29 is 19.1 Å². The largest absolute Gasteiger partial charge is 0.483 e. The molecule has 1 atom stereocenters. The number of nitrogens with one attached hydrogen (secondary N) is 1. The minimum absolute atomic E-state index is 0.00644. The molecular weight excluding hydrogens is 332 g/mol. The molecule has 130 valence electrons. The molecule has 0 aromatic heterocycles. The van der Waals surface area contributed by atoms with E-state index in [4.69, 9.17) is 21.1 Å². The number of hydrogen-bond donors (Lipinski definition) is 1. The molecule has 24 heavy (non-hydrogen) atoms. The van der Waals surface area contributed by atoms with Crippen molar-refractivity contribution in [3.63, 3.8) is 0 Å². The van der Waals surface area contributed by atoms with Crippen molar-refractivity contribution in [2.75, 3.05) is 26.2 Å². The molecule has 3 rings (SSSR count). The van der Waals surface area contributed by atoms with Crippen LogP contribution in [0.5, 0.6) is 5.75 Å². The van der Waals surface area contributed by atoms with E-state index < -0.39 is 5.60 Å². The zero-order valence-electron chi connectivity index (χ0n) is 13.6. The Balaban J connectivity index is 1.54. The van der Waals surface area contributed by atoms with Crippen molar-refractivity contribution in [3.05, 3.63) is 28.8 Å². The summed E-state index contributed by atoms with van der Waals surface area (Å²) in [6.07, 6.45) is 1.86. The SMILES string of the molecule is Cc1cc(Cl)ccc1OCC(=O)N1CCCC2(CC1)CNC(=O)O2. The van der Waals surface area contributed by atoms with E-state index in [0.717, 1.165) is 18.4 Å². The zero-order valence-corrected chi connectivity index (χ0v) is 14.4. The number of ether oxygens (including phenoxy) is 2. The maximum atomic E-state index is 12.4. The number of halogens is 1. The van der Waals surface area contributed by atoms with E-state index in [0.29, 0.717) is 36.8 Å². The normalized spacial score (nSPS) is 23.6. The van der Waals surface area contributed by atoms with Gasteiger partial charge < -0.3 is 19.7 Å². The zero-order chi connectivity index (χ0) is 17.2. The fourth-order valence-electron chi connectivity index (χ4n) is 3.20. The quantitative estimate of drug-likeness (QED) is 0.907. The number of rotatable bonds is 3. The molecule has 7 heteroatoms. The van der Waals surface area contributed by atoms with Crippen LogP contribution in [0.15, 0.2) is 18.2 Å². The van der Waals surface area contributed by atoms with Crippen molar-refractivity contribution in [1.29, 1.82) is 0 Å². The Morgan fingerprint density at radius 1 is 1.42 bits per heavy atom. The summed E-state index contributed by atoms with van der Waals surface area (Å²) in [5, 5.41) is 3.35. The Bertz CT molecular complexity index is 651. The summed E-state index contributed by atoms with van der Waals surface area (Å²) >= 11 is 5.92. The van der Waals surface area contributed by atoms with Gasteiger partial charge in [-0.2, -0.15) is 0 Å². The molecule has 0 bridgehead atoms. The predicted octanol–water partition coefficient (Wildman–Crippen LogP) is 2.52. The van der Waals surface area contributed by atoms with Crippen LogP contribution in [0.2, 0.25) is 5.02 Å². The van der Waals surface area contributed by atoms with Gasteiger partial charge in [-0.1, -0.05) is 11.6 Å². The van der Waals surface area contributed by atoms with Crippen LogP contribution in [0.1, 0.15) is 24.8 Å². The van der Waals surface area contributed by atoms with Gasteiger partial charge in [0.2, 0.25) is 0 Å². The smallest absolute Gasteiger partial charge is 0.407 e. The molecule has 1 N–H and O–H groups in total. The monoisotopic (exact) mass is 352 g/mol. The average Bonchev–Trinajstić information content (AvgIpc) is 2.77. The van der Waals surface area contributed by atoms with Crippen molar-refractivity contribution in [2.45, 2.75) is 31.8 Å². The number of carbonyl (C=O) groups excluding carboxylic acids is 2. The number of likely N-dealkylation sites (tertiary alicyclic amines) is 1. The van der Waals surface area contributed by atoms with Crippen LogP contribution in [-0.4, -0.2) is 48.7 Å². The maximum Gasteiger partial charge on any atom is 0.407 e. The minimum Gasteiger partial charge on any atom is -0.483 e. The summed E-state index contributed by atoms with van der Waals surface area (Å²) in [4.78, 5) is 25.5. The molecule has 6 nitrogen and oxygen atoms in total. The van der Waals surface area contributed by atoms with E-state index in [1.54, 1.807) is 23.1 Å². The van der Waals surface area contributed by atoms with Crippen LogP contribution >= 0.6 is 11.6 Å². The molecule has 2 aliphatic rings. The molecule has 1 aromatic rings. The second kappa shape index (κ2) is 6.89. The van der Waals surface area contributed by atoms with Gasteiger partial charge in [0, 0.05) is 24.5 Å². The Morgan fingerprint density at radius 3 is 2.96 bits per heavy atom. The van der Waals surface area contributed by atoms with Crippen LogP contribution in [0, 0.1) is 6.92 Å². The number of hydrogen-bond acceptors (Lipinski definition) is 4. The first-order valence-electron chi connectivity index (χ1n) is 8.11. The number of amides is 2. The molecule has 0 aliphatic carbocycles. The highest BCUT2D eigenvalue weighted by Gasteiger charge is 2.41. The van der Waals surface area contributed by atoms with Gasteiger partial charge in [0.15, 0.2) is 6.61 Å². The Hall–Kier alpha value is -1.95. The molecule has 1 spiro atoms. The maximum absolute atomic E-state index is 12.4. The highest BCUT2D eigenvalue weighted by Crippen LogP contribution is 2.29. The third-order valence-electron chi connectivity index (χ3n) is 4.60. The van der Waals surface area contributed by atoms with Gasteiger partial charge in [0.05, 0.1) is 6.54 Å². The van der Waals surface area contributed by atoms with E-state index >= 15 is 0 Å². The van der Waals surface area contributed by atoms with E-state index in [2.05, 4.69) is 5.32 Å². The molecule has 0 radical (unpaired) electrons. The lowest BCUT2D eigenvalue weighted by molar-refractivity contribution is -0.133. The number of aryl methyl sites for hydroxylation is 1. The van der Waals surface area contributed by atoms with Gasteiger partial charge in [-0.3, -0.25) is 4.79 Å². The van der Waals surface area contributed by atoms with Gasteiger partial charge >= 0.3 is 6.09 Å². The van der Waals surface area contributed by atoms with E-state index in [9.17, 15) is 9.59 Å². The molecule has 1 aromatic carbocycles. The van der Waals surface area contributed by atoms with Crippen LogP contribution in [0.25, 0.3) is 0 Å². The lowest BCUT2D eigenvalue weighted by Gasteiger charge is -2.25. The molecule has 1 unspecified atom stereocenters. The number of nitrogens with zero attached hydrogens (tertiary/aromatic N) is 1. The summed E-state index contributed by atoms with van der Waals surface area (Å²) in [6.45, 7) is 3.63. The number of carbonyl (C=O) groups is 2. The lowest BCUT2D eigenvalue weighted by atomic mass is 9.95. The average molecular weight is 353 g/mol. The Labute approximate surface area is 146 Å². The third-order valence-corrected chi connectivity index (χ3v) is 4.84. The van der Waals surface area contributed by atoms with Gasteiger partial charge in [-0.15, -0.1) is 0 Å². The lowest BCUT2D eigenvalue weighted by Crippen LogP contribution is -2.38. The van der Waals surface area contributed by atoms with Crippen molar-refractivity contribution >= 4 is 23.6 Å². The molecule has 2 heterocycles. The molecule has 2 amide bonds. The summed E-state index contributed by atoms with van der Waals surface area (Å²) in [7, 11) is 0. The Morgan fingerprint density at radius 2 is 2.25 bits per heavy atom. The van der Waals surface area contributed by atoms with E-state index in [1.165, 1.54) is 0 Å².